The second-order valence-corrected chi connectivity index (χ2v) is 6.76. The molecular formula is C22H22O6. The molecule has 0 saturated carbocycles. The quantitative estimate of drug-likeness (QED) is 0.498. The summed E-state index contributed by atoms with van der Waals surface area (Å²) in [6.07, 6.45) is -0.953. The molecule has 1 N–H and O–H groups in total. The SMILES string of the molecule is CC(C)C(=O)OCC(O)COc1ccc2cc(-c3ccccc3)c(=O)oc2c1. The Hall–Kier alpha value is -3.12. The predicted molar refractivity (Wildman–Crippen MR) is 105 cm³/mol. The first-order chi connectivity index (χ1) is 13.4. The van der Waals surface area contributed by atoms with Crippen LogP contribution in [0.15, 0.2) is 63.8 Å². The van der Waals surface area contributed by atoms with Crippen molar-refractivity contribution in [1.82, 2.24) is 0 Å². The Kier molecular flexibility index (Phi) is 6.11. The van der Waals surface area contributed by atoms with E-state index >= 15 is 0 Å². The second kappa shape index (κ2) is 8.71. The average molecular weight is 382 g/mol. The number of rotatable bonds is 7. The maximum absolute atomic E-state index is 12.3. The van der Waals surface area contributed by atoms with Crippen LogP contribution in [-0.2, 0) is 9.53 Å². The van der Waals surface area contributed by atoms with Crippen LogP contribution in [0.1, 0.15) is 13.8 Å². The monoisotopic (exact) mass is 382 g/mol. The van der Waals surface area contributed by atoms with Crippen LogP contribution in [0.2, 0.25) is 0 Å². The molecule has 3 rings (SSSR count). The van der Waals surface area contributed by atoms with Crippen molar-refractivity contribution in [2.24, 2.45) is 5.92 Å². The second-order valence-electron chi connectivity index (χ2n) is 6.76. The van der Waals surface area contributed by atoms with Crippen molar-refractivity contribution in [2.75, 3.05) is 13.2 Å². The molecule has 3 aromatic rings. The van der Waals surface area contributed by atoms with Gasteiger partial charge in [-0.15, -0.1) is 0 Å². The van der Waals surface area contributed by atoms with Crippen LogP contribution in [0.25, 0.3) is 22.1 Å². The van der Waals surface area contributed by atoms with Gasteiger partial charge in [-0.3, -0.25) is 4.79 Å². The first-order valence-electron chi connectivity index (χ1n) is 9.05. The molecule has 1 heterocycles. The summed E-state index contributed by atoms with van der Waals surface area (Å²) < 4.78 is 15.9. The van der Waals surface area contributed by atoms with Crippen LogP contribution in [0, 0.1) is 5.92 Å². The van der Waals surface area contributed by atoms with E-state index in [4.69, 9.17) is 13.9 Å². The van der Waals surface area contributed by atoms with Crippen molar-refractivity contribution in [1.29, 1.82) is 0 Å². The molecule has 0 aliphatic carbocycles. The fraction of sp³-hybridized carbons (Fsp3) is 0.273. The summed E-state index contributed by atoms with van der Waals surface area (Å²) in [5.41, 5.74) is 1.24. The van der Waals surface area contributed by atoms with E-state index in [1.54, 1.807) is 38.1 Å². The maximum atomic E-state index is 12.3. The Bertz CT molecular complexity index is 1010. The van der Waals surface area contributed by atoms with Crippen molar-refractivity contribution in [3.8, 4) is 16.9 Å². The fourth-order valence-electron chi connectivity index (χ4n) is 2.59. The molecule has 0 spiro atoms. The van der Waals surface area contributed by atoms with E-state index in [1.807, 2.05) is 30.3 Å². The molecule has 1 atom stereocenters. The Morgan fingerprint density at radius 1 is 1.07 bits per heavy atom. The number of ether oxygens (including phenoxy) is 2. The van der Waals surface area contributed by atoms with Gasteiger partial charge in [0.25, 0.3) is 0 Å². The van der Waals surface area contributed by atoms with Crippen LogP contribution < -0.4 is 10.4 Å². The number of carbonyl (C=O) groups is 1. The summed E-state index contributed by atoms with van der Waals surface area (Å²) >= 11 is 0. The van der Waals surface area contributed by atoms with Gasteiger partial charge < -0.3 is 19.0 Å². The molecule has 6 heteroatoms. The van der Waals surface area contributed by atoms with Gasteiger partial charge in [0, 0.05) is 11.5 Å². The first-order valence-corrected chi connectivity index (χ1v) is 9.05. The molecule has 0 amide bonds. The van der Waals surface area contributed by atoms with E-state index in [0.717, 1.165) is 10.9 Å². The zero-order valence-corrected chi connectivity index (χ0v) is 15.8. The van der Waals surface area contributed by atoms with Gasteiger partial charge in [-0.05, 0) is 23.8 Å². The van der Waals surface area contributed by atoms with E-state index in [-0.39, 0.29) is 25.1 Å². The zero-order valence-electron chi connectivity index (χ0n) is 15.8. The molecule has 0 fully saturated rings. The van der Waals surface area contributed by atoms with Crippen molar-refractivity contribution in [3.05, 3.63) is 65.0 Å². The number of aliphatic hydroxyl groups is 1. The summed E-state index contributed by atoms with van der Waals surface area (Å²) in [6, 6.07) is 16.2. The molecule has 1 aromatic heterocycles. The standard InChI is InChI=1S/C22H22O6/c1-14(2)21(24)27-13-17(23)12-26-18-9-8-16-10-19(15-6-4-3-5-7-15)22(25)28-20(16)11-18/h3-11,14,17,23H,12-13H2,1-2H3. The average Bonchev–Trinajstić information content (AvgIpc) is 2.70. The molecule has 0 bridgehead atoms. The van der Waals surface area contributed by atoms with Crippen LogP contribution in [-0.4, -0.2) is 30.4 Å². The molecule has 0 aliphatic heterocycles. The molecule has 1 unspecified atom stereocenters. The van der Waals surface area contributed by atoms with E-state index in [2.05, 4.69) is 0 Å². The number of benzene rings is 2. The maximum Gasteiger partial charge on any atom is 0.344 e. The summed E-state index contributed by atoms with van der Waals surface area (Å²) in [5.74, 6) is -0.185. The highest BCUT2D eigenvalue weighted by atomic mass is 16.5. The Morgan fingerprint density at radius 2 is 1.82 bits per heavy atom. The summed E-state index contributed by atoms with van der Waals surface area (Å²) in [4.78, 5) is 23.7. The highest BCUT2D eigenvalue weighted by molar-refractivity contribution is 5.82. The van der Waals surface area contributed by atoms with E-state index < -0.39 is 11.7 Å². The van der Waals surface area contributed by atoms with Gasteiger partial charge in [-0.2, -0.15) is 0 Å². The highest BCUT2D eigenvalue weighted by Crippen LogP contribution is 2.24. The number of hydrogen-bond donors (Lipinski definition) is 1. The van der Waals surface area contributed by atoms with E-state index in [1.165, 1.54) is 0 Å². The van der Waals surface area contributed by atoms with Gasteiger partial charge in [0.15, 0.2) is 0 Å². The number of fused-ring (bicyclic) bond motifs is 1. The van der Waals surface area contributed by atoms with Crippen molar-refractivity contribution < 1.29 is 23.8 Å². The number of carbonyl (C=O) groups excluding carboxylic acids is 1. The van der Waals surface area contributed by atoms with Crippen LogP contribution >= 0.6 is 0 Å². The van der Waals surface area contributed by atoms with Crippen molar-refractivity contribution >= 4 is 16.9 Å². The highest BCUT2D eigenvalue weighted by Gasteiger charge is 2.13. The largest absolute Gasteiger partial charge is 0.491 e. The van der Waals surface area contributed by atoms with Gasteiger partial charge >= 0.3 is 11.6 Å². The summed E-state index contributed by atoms with van der Waals surface area (Å²) in [6.45, 7) is 3.25. The number of hydrogen-bond acceptors (Lipinski definition) is 6. The molecule has 6 nitrogen and oxygen atoms in total. The topological polar surface area (TPSA) is 86.0 Å². The van der Waals surface area contributed by atoms with Gasteiger partial charge in [0.05, 0.1) is 11.5 Å². The molecule has 0 saturated heterocycles. The van der Waals surface area contributed by atoms with Crippen LogP contribution in [0.4, 0.5) is 0 Å². The minimum absolute atomic E-state index is 0.0524. The van der Waals surface area contributed by atoms with Crippen molar-refractivity contribution in [3.63, 3.8) is 0 Å². The number of aliphatic hydroxyl groups excluding tert-OH is 1. The normalized spacial score (nSPS) is 12.1. The van der Waals surface area contributed by atoms with Gasteiger partial charge in [0.2, 0.25) is 0 Å². The molecule has 28 heavy (non-hydrogen) atoms. The Balaban J connectivity index is 1.69. The molecule has 0 radical (unpaired) electrons. The Labute approximate surface area is 162 Å². The predicted octanol–water partition coefficient (Wildman–Crippen LogP) is 3.40. The third-order valence-corrected chi connectivity index (χ3v) is 4.12. The summed E-state index contributed by atoms with van der Waals surface area (Å²) in [7, 11) is 0. The lowest BCUT2D eigenvalue weighted by atomic mass is 10.1. The van der Waals surface area contributed by atoms with Gasteiger partial charge in [-0.1, -0.05) is 44.2 Å². The van der Waals surface area contributed by atoms with Crippen molar-refractivity contribution in [2.45, 2.75) is 20.0 Å². The first kappa shape index (κ1) is 19.6. The third-order valence-electron chi connectivity index (χ3n) is 4.12. The zero-order chi connectivity index (χ0) is 20.1. The van der Waals surface area contributed by atoms with Crippen LogP contribution in [0.5, 0.6) is 5.75 Å². The van der Waals surface area contributed by atoms with E-state index in [0.29, 0.717) is 16.9 Å². The summed E-state index contributed by atoms with van der Waals surface area (Å²) in [5, 5.41) is 10.6. The fourth-order valence-corrected chi connectivity index (χ4v) is 2.59. The molecule has 2 aromatic carbocycles. The number of esters is 1. The van der Waals surface area contributed by atoms with Gasteiger partial charge in [0.1, 0.15) is 30.7 Å². The van der Waals surface area contributed by atoms with Crippen LogP contribution in [0.3, 0.4) is 0 Å². The molecular weight excluding hydrogens is 360 g/mol. The minimum atomic E-state index is -0.953. The molecule has 0 aliphatic rings. The minimum Gasteiger partial charge on any atom is -0.491 e. The Morgan fingerprint density at radius 3 is 2.54 bits per heavy atom. The lowest BCUT2D eigenvalue weighted by molar-refractivity contribution is -0.150. The van der Waals surface area contributed by atoms with Gasteiger partial charge in [-0.25, -0.2) is 4.79 Å². The molecule has 146 valence electrons. The third kappa shape index (κ3) is 4.78. The lowest BCUT2D eigenvalue weighted by Crippen LogP contribution is -2.26. The van der Waals surface area contributed by atoms with E-state index in [9.17, 15) is 14.7 Å². The lowest BCUT2D eigenvalue weighted by Gasteiger charge is -2.14. The smallest absolute Gasteiger partial charge is 0.344 e.